The highest BCUT2D eigenvalue weighted by molar-refractivity contribution is 7.87. The van der Waals surface area contributed by atoms with E-state index in [2.05, 4.69) is 4.18 Å². The van der Waals surface area contributed by atoms with Gasteiger partial charge in [0.05, 0.1) is 0 Å². The number of carboxylic acid groups (broad SMARTS) is 1. The lowest BCUT2D eigenvalue weighted by Gasteiger charge is -2.49. The van der Waals surface area contributed by atoms with Crippen molar-refractivity contribution in [3.8, 4) is 0 Å². The Morgan fingerprint density at radius 1 is 1.33 bits per heavy atom. The fourth-order valence-electron chi connectivity index (χ4n) is 2.09. The lowest BCUT2D eigenvalue weighted by atomic mass is 9.78. The van der Waals surface area contributed by atoms with Crippen LogP contribution in [-0.4, -0.2) is 35.8 Å². The number of hydrogen-bond acceptors (Lipinski definition) is 4. The van der Waals surface area contributed by atoms with Gasteiger partial charge in [0.1, 0.15) is 0 Å². The largest absolute Gasteiger partial charge is 0.523 e. The summed E-state index contributed by atoms with van der Waals surface area (Å²) in [5, 5.41) is 9.16. The third kappa shape index (κ3) is 3.15. The maximum atomic E-state index is 12.6. The maximum Gasteiger partial charge on any atom is 0.523 e. The summed E-state index contributed by atoms with van der Waals surface area (Å²) in [4.78, 5) is 11.7. The zero-order valence-electron chi connectivity index (χ0n) is 11.6. The van der Waals surface area contributed by atoms with Crippen molar-refractivity contribution in [2.75, 3.05) is 0 Å². The number of rotatable bonds is 2. The summed E-state index contributed by atoms with van der Waals surface area (Å²) in [5.41, 5.74) is -9.01. The average Bonchev–Trinajstić information content (AvgIpc) is 2.25. The van der Waals surface area contributed by atoms with Gasteiger partial charge in [-0.2, -0.15) is 21.6 Å². The van der Waals surface area contributed by atoms with Gasteiger partial charge in [0.25, 0.3) is 0 Å². The molecule has 122 valence electrons. The van der Waals surface area contributed by atoms with Crippen LogP contribution >= 0.6 is 0 Å². The van der Waals surface area contributed by atoms with Crippen molar-refractivity contribution in [2.45, 2.75) is 44.8 Å². The molecule has 0 aromatic heterocycles. The molecule has 1 unspecified atom stereocenters. The number of allylic oxidation sites excluding steroid dienone is 1. The minimum absolute atomic E-state index is 0.189. The Morgan fingerprint density at radius 2 is 1.86 bits per heavy atom. The molecule has 0 aromatic rings. The normalized spacial score (nSPS) is 24.2. The van der Waals surface area contributed by atoms with Gasteiger partial charge in [-0.25, -0.2) is 8.98 Å². The summed E-state index contributed by atoms with van der Waals surface area (Å²) in [5.74, 6) is 0. The van der Waals surface area contributed by atoms with Crippen LogP contribution in [0.2, 0.25) is 0 Å². The molecule has 0 saturated heterocycles. The second-order valence-electron chi connectivity index (χ2n) is 5.59. The maximum absolute atomic E-state index is 12.6. The smallest absolute Gasteiger partial charge is 0.465 e. The van der Waals surface area contributed by atoms with Gasteiger partial charge in [-0.15, -0.1) is 0 Å². The number of halogens is 3. The Labute approximate surface area is 120 Å². The molecule has 1 N–H and O–H groups in total. The number of nitrogens with zero attached hydrogens (tertiary/aromatic N) is 1. The molecule has 0 bridgehead atoms. The predicted molar refractivity (Wildman–Crippen MR) is 66.5 cm³/mol. The number of hydrogen-bond donors (Lipinski definition) is 1. The van der Waals surface area contributed by atoms with E-state index in [0.29, 0.717) is 4.90 Å². The Hall–Kier alpha value is -1.29. The molecule has 10 heteroatoms. The number of carbonyl (C=O) groups is 1. The van der Waals surface area contributed by atoms with Gasteiger partial charge in [0, 0.05) is 18.0 Å². The molecular weight excluding hydrogens is 315 g/mol. The van der Waals surface area contributed by atoms with Crippen LogP contribution in [-0.2, 0) is 14.3 Å². The standard InChI is InChI=1S/C11H16F3NO5S/c1-9(2,3)10(20-21(18,19)11(12,13)14)6-4-5-7-15(10)8(16)17/h5,7H,4,6H2,1-3H3,(H,16,17). The van der Waals surface area contributed by atoms with Crippen molar-refractivity contribution >= 4 is 16.2 Å². The highest BCUT2D eigenvalue weighted by Crippen LogP contribution is 2.46. The third-order valence-corrected chi connectivity index (χ3v) is 4.26. The molecule has 1 amide bonds. The highest BCUT2D eigenvalue weighted by atomic mass is 32.2. The molecule has 1 aliphatic rings. The van der Waals surface area contributed by atoms with Gasteiger partial charge in [-0.05, 0) is 6.42 Å². The molecule has 1 rings (SSSR count). The minimum atomic E-state index is -5.94. The Kier molecular flexibility index (Phi) is 4.37. The van der Waals surface area contributed by atoms with Crippen molar-refractivity contribution in [1.29, 1.82) is 0 Å². The lowest BCUT2D eigenvalue weighted by molar-refractivity contribution is -0.144. The first kappa shape index (κ1) is 17.8. The molecular formula is C11H16F3NO5S. The van der Waals surface area contributed by atoms with Crippen LogP contribution in [0.15, 0.2) is 12.3 Å². The summed E-state index contributed by atoms with van der Waals surface area (Å²) in [6.45, 7) is 4.23. The van der Waals surface area contributed by atoms with Gasteiger partial charge < -0.3 is 5.11 Å². The molecule has 0 aromatic carbocycles. The highest BCUT2D eigenvalue weighted by Gasteiger charge is 2.59. The van der Waals surface area contributed by atoms with Gasteiger partial charge in [0.2, 0.25) is 0 Å². The second-order valence-corrected chi connectivity index (χ2v) is 7.13. The van der Waals surface area contributed by atoms with Crippen LogP contribution in [0.1, 0.15) is 33.6 Å². The molecule has 0 saturated carbocycles. The van der Waals surface area contributed by atoms with Crippen LogP contribution < -0.4 is 0 Å². The van der Waals surface area contributed by atoms with Crippen LogP contribution in [0.25, 0.3) is 0 Å². The Morgan fingerprint density at radius 3 is 2.24 bits per heavy atom. The van der Waals surface area contributed by atoms with E-state index in [4.69, 9.17) is 5.11 Å². The van der Waals surface area contributed by atoms with E-state index < -0.39 is 32.9 Å². The predicted octanol–water partition coefficient (Wildman–Crippen LogP) is 2.88. The van der Waals surface area contributed by atoms with Gasteiger partial charge >= 0.3 is 21.7 Å². The van der Waals surface area contributed by atoms with E-state index in [1.807, 2.05) is 0 Å². The first-order valence-corrected chi connectivity index (χ1v) is 7.36. The lowest BCUT2D eigenvalue weighted by Crippen LogP contribution is -2.61. The van der Waals surface area contributed by atoms with Gasteiger partial charge in [-0.1, -0.05) is 26.8 Å². The topological polar surface area (TPSA) is 83.9 Å². The fourth-order valence-corrected chi connectivity index (χ4v) is 2.96. The third-order valence-electron chi connectivity index (χ3n) is 3.20. The van der Waals surface area contributed by atoms with Gasteiger partial charge in [-0.3, -0.25) is 4.90 Å². The van der Waals surface area contributed by atoms with Crippen molar-refractivity contribution in [2.24, 2.45) is 5.41 Å². The van der Waals surface area contributed by atoms with Crippen molar-refractivity contribution in [3.05, 3.63) is 12.3 Å². The molecule has 6 nitrogen and oxygen atoms in total. The Balaban J connectivity index is 3.43. The zero-order valence-corrected chi connectivity index (χ0v) is 12.5. The van der Waals surface area contributed by atoms with E-state index in [9.17, 15) is 26.4 Å². The van der Waals surface area contributed by atoms with E-state index in [1.54, 1.807) is 0 Å². The van der Waals surface area contributed by atoms with Crippen LogP contribution in [0, 0.1) is 5.41 Å². The summed E-state index contributed by atoms with van der Waals surface area (Å²) >= 11 is 0. The molecule has 0 spiro atoms. The zero-order chi connectivity index (χ0) is 16.7. The molecule has 21 heavy (non-hydrogen) atoms. The van der Waals surface area contributed by atoms with E-state index in [-0.39, 0.29) is 12.8 Å². The SMILES string of the molecule is CC(C)(C)C1(OS(=O)(=O)C(F)(F)F)CCC=CN1C(=O)O. The molecule has 0 fully saturated rings. The van der Waals surface area contributed by atoms with Crippen LogP contribution in [0.4, 0.5) is 18.0 Å². The average molecular weight is 331 g/mol. The quantitative estimate of drug-likeness (QED) is 0.621. The van der Waals surface area contributed by atoms with Crippen molar-refractivity contribution in [1.82, 2.24) is 4.90 Å². The van der Waals surface area contributed by atoms with Crippen LogP contribution in [0.5, 0.6) is 0 Å². The summed E-state index contributed by atoms with van der Waals surface area (Å²) in [7, 11) is -5.94. The molecule has 1 heterocycles. The van der Waals surface area contributed by atoms with Crippen molar-refractivity contribution < 1.29 is 35.7 Å². The second kappa shape index (κ2) is 5.16. The first-order chi connectivity index (χ1) is 9.25. The van der Waals surface area contributed by atoms with Crippen LogP contribution in [0.3, 0.4) is 0 Å². The molecule has 1 atom stereocenters. The molecule has 0 radical (unpaired) electrons. The summed E-state index contributed by atoms with van der Waals surface area (Å²) < 4.78 is 64.8. The number of amides is 1. The van der Waals surface area contributed by atoms with E-state index in [1.165, 1.54) is 26.8 Å². The molecule has 1 aliphatic heterocycles. The van der Waals surface area contributed by atoms with E-state index >= 15 is 0 Å². The summed E-state index contributed by atoms with van der Waals surface area (Å²) in [6, 6.07) is 0. The minimum Gasteiger partial charge on any atom is -0.465 e. The molecule has 0 aliphatic carbocycles. The Bertz CT molecular complexity index is 549. The monoisotopic (exact) mass is 331 g/mol. The first-order valence-electron chi connectivity index (χ1n) is 5.95. The van der Waals surface area contributed by atoms with E-state index in [0.717, 1.165) is 6.20 Å². The summed E-state index contributed by atoms with van der Waals surface area (Å²) in [6.07, 6.45) is 0.812. The van der Waals surface area contributed by atoms with Gasteiger partial charge in [0.15, 0.2) is 5.72 Å². The fraction of sp³-hybridized carbons (Fsp3) is 0.727. The van der Waals surface area contributed by atoms with Crippen molar-refractivity contribution in [3.63, 3.8) is 0 Å². The number of alkyl halides is 3.